The van der Waals surface area contributed by atoms with Crippen molar-refractivity contribution < 1.29 is 22.4 Å². The van der Waals surface area contributed by atoms with Crippen LogP contribution in [0.1, 0.15) is 33.7 Å². The molecule has 0 saturated heterocycles. The molecule has 1 unspecified atom stereocenters. The summed E-state index contributed by atoms with van der Waals surface area (Å²) in [5.74, 6) is -0.478. The van der Waals surface area contributed by atoms with E-state index in [0.29, 0.717) is 18.5 Å². The fraction of sp³-hybridized carbons (Fsp3) is 0.227. The number of hydrogen-bond donors (Lipinski definition) is 2. The highest BCUT2D eigenvalue weighted by Gasteiger charge is 2.37. The Morgan fingerprint density at radius 3 is 2.82 bits per heavy atom. The highest BCUT2D eigenvalue weighted by atomic mass is 35.5. The molecule has 2 N–H and O–H groups in total. The number of nitrogens with one attached hydrogen (secondary N) is 2. The lowest BCUT2D eigenvalue weighted by molar-refractivity contribution is -0.136. The maximum atomic E-state index is 13.8. The van der Waals surface area contributed by atoms with Gasteiger partial charge in [0.1, 0.15) is 10.8 Å². The number of alkyl halides is 3. The normalized spacial score (nSPS) is 16.9. The van der Waals surface area contributed by atoms with Gasteiger partial charge in [-0.25, -0.2) is 4.98 Å². The van der Waals surface area contributed by atoms with Crippen LogP contribution < -0.4 is 5.32 Å². The molecule has 5 rings (SSSR count). The highest BCUT2D eigenvalue weighted by Crippen LogP contribution is 2.37. The number of pyridine rings is 1. The van der Waals surface area contributed by atoms with Gasteiger partial charge in [-0.1, -0.05) is 17.7 Å². The Morgan fingerprint density at radius 1 is 1.33 bits per heavy atom. The molecular weight excluding hydrogens is 459 g/mol. The van der Waals surface area contributed by atoms with Crippen LogP contribution in [0.25, 0.3) is 22.3 Å². The van der Waals surface area contributed by atoms with Crippen LogP contribution in [0.3, 0.4) is 0 Å². The number of ketones is 1. The number of aromatic nitrogens is 4. The number of aryl methyl sites for hydroxylation is 1. The second-order valence-electron chi connectivity index (χ2n) is 7.76. The van der Waals surface area contributed by atoms with Gasteiger partial charge in [-0.3, -0.25) is 14.3 Å². The van der Waals surface area contributed by atoms with Gasteiger partial charge < -0.3 is 9.73 Å². The highest BCUT2D eigenvalue weighted by molar-refractivity contribution is 6.33. The van der Waals surface area contributed by atoms with Crippen LogP contribution in [0.2, 0.25) is 5.15 Å². The van der Waals surface area contributed by atoms with Gasteiger partial charge in [0.25, 0.3) is 0 Å². The second-order valence-corrected chi connectivity index (χ2v) is 8.12. The number of furan rings is 1. The van der Waals surface area contributed by atoms with Crippen molar-refractivity contribution in [2.45, 2.75) is 25.6 Å². The molecule has 0 saturated carbocycles. The molecule has 33 heavy (non-hydrogen) atoms. The SMILES string of the molecule is Cc1[nH]ncc1C1=CCNC(C(=O)c2nc3c(C(F)(F)F)cc(-c4ccoc4)cn3c2Cl)C1. The van der Waals surface area contributed by atoms with Crippen molar-refractivity contribution in [1.82, 2.24) is 24.9 Å². The van der Waals surface area contributed by atoms with Crippen molar-refractivity contribution >= 4 is 28.6 Å². The largest absolute Gasteiger partial charge is 0.472 e. The third-order valence-electron chi connectivity index (χ3n) is 5.68. The molecule has 0 aromatic carbocycles. The first-order valence-electron chi connectivity index (χ1n) is 10.0. The summed E-state index contributed by atoms with van der Waals surface area (Å²) in [5.41, 5.74) is 1.71. The molecule has 4 aromatic heterocycles. The molecule has 0 radical (unpaired) electrons. The maximum absolute atomic E-state index is 13.8. The van der Waals surface area contributed by atoms with Gasteiger partial charge in [0.15, 0.2) is 5.65 Å². The lowest BCUT2D eigenvalue weighted by Gasteiger charge is -2.22. The van der Waals surface area contributed by atoms with Crippen LogP contribution in [-0.2, 0) is 6.18 Å². The Kier molecular flexibility index (Phi) is 5.13. The molecule has 0 amide bonds. The second kappa shape index (κ2) is 7.89. The number of Topliss-reactive ketones (excluding diaryl/α,β-unsaturated/α-hetero) is 1. The van der Waals surface area contributed by atoms with E-state index in [-0.39, 0.29) is 16.4 Å². The van der Waals surface area contributed by atoms with E-state index in [0.717, 1.165) is 27.3 Å². The van der Waals surface area contributed by atoms with E-state index in [2.05, 4.69) is 20.5 Å². The van der Waals surface area contributed by atoms with Gasteiger partial charge in [0.2, 0.25) is 5.78 Å². The van der Waals surface area contributed by atoms with Crippen LogP contribution in [0.15, 0.2) is 47.5 Å². The first-order chi connectivity index (χ1) is 15.7. The molecule has 1 atom stereocenters. The lowest BCUT2D eigenvalue weighted by Crippen LogP contribution is -2.40. The number of carbonyl (C=O) groups is 1. The Bertz CT molecular complexity index is 1390. The molecule has 0 bridgehead atoms. The van der Waals surface area contributed by atoms with Crippen molar-refractivity contribution in [3.8, 4) is 11.1 Å². The van der Waals surface area contributed by atoms with Crippen molar-refractivity contribution in [2.24, 2.45) is 0 Å². The molecular formula is C22H17ClF3N5O2. The maximum Gasteiger partial charge on any atom is 0.420 e. The first-order valence-corrected chi connectivity index (χ1v) is 10.4. The Labute approximate surface area is 190 Å². The van der Waals surface area contributed by atoms with Crippen molar-refractivity contribution in [3.05, 3.63) is 70.8 Å². The topological polar surface area (TPSA) is 88.2 Å². The summed E-state index contributed by atoms with van der Waals surface area (Å²) < 4.78 is 47.6. The molecule has 7 nitrogen and oxygen atoms in total. The van der Waals surface area contributed by atoms with Gasteiger partial charge in [0.05, 0.1) is 30.3 Å². The summed E-state index contributed by atoms with van der Waals surface area (Å²) in [5, 5.41) is 9.77. The fourth-order valence-electron chi connectivity index (χ4n) is 4.01. The number of nitrogens with zero attached hydrogens (tertiary/aromatic N) is 3. The summed E-state index contributed by atoms with van der Waals surface area (Å²) in [6.45, 7) is 2.29. The Hall–Kier alpha value is -3.37. The molecule has 0 aliphatic carbocycles. The van der Waals surface area contributed by atoms with E-state index in [1.165, 1.54) is 24.8 Å². The predicted octanol–water partition coefficient (Wildman–Crippen LogP) is 4.93. The van der Waals surface area contributed by atoms with Crippen LogP contribution in [0.5, 0.6) is 0 Å². The summed E-state index contributed by atoms with van der Waals surface area (Å²) in [7, 11) is 0. The quantitative estimate of drug-likeness (QED) is 0.409. The average molecular weight is 476 g/mol. The van der Waals surface area contributed by atoms with Crippen LogP contribution in [-0.4, -0.2) is 38.0 Å². The molecule has 5 heterocycles. The number of carbonyl (C=O) groups excluding carboxylic acids is 1. The number of halogens is 4. The van der Waals surface area contributed by atoms with Crippen LogP contribution in [0, 0.1) is 6.92 Å². The van der Waals surface area contributed by atoms with Gasteiger partial charge in [-0.15, -0.1) is 0 Å². The van der Waals surface area contributed by atoms with Gasteiger partial charge in [0, 0.05) is 35.1 Å². The zero-order valence-electron chi connectivity index (χ0n) is 17.2. The molecule has 11 heteroatoms. The Balaban J connectivity index is 1.56. The number of imidazole rings is 1. The number of fused-ring (bicyclic) bond motifs is 1. The summed E-state index contributed by atoms with van der Waals surface area (Å²) in [6.07, 6.45) is 3.36. The number of H-pyrrole nitrogens is 1. The zero-order valence-corrected chi connectivity index (χ0v) is 18.0. The molecule has 1 aliphatic heterocycles. The minimum Gasteiger partial charge on any atom is -0.472 e. The fourth-order valence-corrected chi connectivity index (χ4v) is 4.28. The average Bonchev–Trinajstić information content (AvgIpc) is 3.53. The van der Waals surface area contributed by atoms with Gasteiger partial charge >= 0.3 is 6.18 Å². The molecule has 170 valence electrons. The molecule has 1 aliphatic rings. The standard InChI is InChI=1S/C22H17ClF3N5O2/c1-11-15(8-28-30-11)12-2-4-27-17(7-12)19(32)18-20(23)31-9-14(13-3-5-33-10-13)6-16(21(31)29-18)22(24,25)26/h2-3,5-6,8-10,17,27H,4,7H2,1H3,(H,28,30). The monoisotopic (exact) mass is 475 g/mol. The van der Waals surface area contributed by atoms with Gasteiger partial charge in [-0.05, 0) is 31.1 Å². The minimum atomic E-state index is -4.70. The van der Waals surface area contributed by atoms with Crippen LogP contribution in [0.4, 0.5) is 13.2 Å². The predicted molar refractivity (Wildman–Crippen MR) is 115 cm³/mol. The van der Waals surface area contributed by atoms with E-state index in [9.17, 15) is 18.0 Å². The molecule has 0 fully saturated rings. The van der Waals surface area contributed by atoms with E-state index >= 15 is 0 Å². The summed E-state index contributed by atoms with van der Waals surface area (Å²) in [4.78, 5) is 17.3. The van der Waals surface area contributed by atoms with Crippen LogP contribution >= 0.6 is 11.6 Å². The molecule has 4 aromatic rings. The number of hydrogen-bond acceptors (Lipinski definition) is 5. The molecule has 0 spiro atoms. The van der Waals surface area contributed by atoms with Crippen molar-refractivity contribution in [2.75, 3.05) is 6.54 Å². The summed E-state index contributed by atoms with van der Waals surface area (Å²) in [6, 6.07) is 1.82. The smallest absolute Gasteiger partial charge is 0.420 e. The minimum absolute atomic E-state index is 0.178. The summed E-state index contributed by atoms with van der Waals surface area (Å²) >= 11 is 6.42. The zero-order chi connectivity index (χ0) is 23.3. The third-order valence-corrected chi connectivity index (χ3v) is 6.05. The van der Waals surface area contributed by atoms with Crippen molar-refractivity contribution in [3.63, 3.8) is 0 Å². The third kappa shape index (κ3) is 3.75. The van der Waals surface area contributed by atoms with E-state index < -0.39 is 29.2 Å². The van der Waals surface area contributed by atoms with E-state index in [1.54, 1.807) is 6.20 Å². The van der Waals surface area contributed by atoms with E-state index in [4.69, 9.17) is 16.0 Å². The number of rotatable bonds is 4. The Morgan fingerprint density at radius 2 is 2.15 bits per heavy atom. The van der Waals surface area contributed by atoms with Gasteiger partial charge in [-0.2, -0.15) is 18.3 Å². The van der Waals surface area contributed by atoms with E-state index in [1.807, 2.05) is 13.0 Å². The lowest BCUT2D eigenvalue weighted by atomic mass is 9.93. The number of aromatic amines is 1. The van der Waals surface area contributed by atoms with Crippen molar-refractivity contribution in [1.29, 1.82) is 0 Å². The first kappa shape index (κ1) is 21.5.